The largest absolute Gasteiger partial charge is 0.489 e. The zero-order valence-corrected chi connectivity index (χ0v) is 12.2. The summed E-state index contributed by atoms with van der Waals surface area (Å²) in [5.41, 5.74) is 9.92. The summed E-state index contributed by atoms with van der Waals surface area (Å²) in [6, 6.07) is 16.9. The first-order chi connectivity index (χ1) is 9.33. The van der Waals surface area contributed by atoms with Crippen molar-refractivity contribution < 1.29 is 4.74 Å². The van der Waals surface area contributed by atoms with E-state index in [0.29, 0.717) is 12.6 Å². The Balaban J connectivity index is 0.00000147. The molecule has 1 aliphatic rings. The van der Waals surface area contributed by atoms with Gasteiger partial charge in [0.05, 0.1) is 0 Å². The second kappa shape index (κ2) is 6.78. The number of hydrogen-bond acceptors (Lipinski definition) is 2. The fourth-order valence-corrected chi connectivity index (χ4v) is 2.67. The van der Waals surface area contributed by atoms with E-state index in [1.807, 2.05) is 18.2 Å². The average molecular weight is 290 g/mol. The molecule has 0 radical (unpaired) electrons. The summed E-state index contributed by atoms with van der Waals surface area (Å²) < 4.78 is 5.98. The summed E-state index contributed by atoms with van der Waals surface area (Å²) in [6.07, 6.45) is 3.05. The molecule has 3 rings (SSSR count). The van der Waals surface area contributed by atoms with Gasteiger partial charge in [0.25, 0.3) is 0 Å². The van der Waals surface area contributed by atoms with E-state index in [-0.39, 0.29) is 12.4 Å². The van der Waals surface area contributed by atoms with Crippen molar-refractivity contribution in [1.82, 2.24) is 0 Å². The van der Waals surface area contributed by atoms with Gasteiger partial charge in [-0.25, -0.2) is 0 Å². The third-order valence-electron chi connectivity index (χ3n) is 3.71. The van der Waals surface area contributed by atoms with Gasteiger partial charge in [0, 0.05) is 6.04 Å². The lowest BCUT2D eigenvalue weighted by molar-refractivity contribution is 0.301. The van der Waals surface area contributed by atoms with E-state index < -0.39 is 0 Å². The van der Waals surface area contributed by atoms with Crippen LogP contribution in [0.15, 0.2) is 48.5 Å². The van der Waals surface area contributed by atoms with Crippen LogP contribution in [0.4, 0.5) is 0 Å². The van der Waals surface area contributed by atoms with E-state index in [1.54, 1.807) is 0 Å². The van der Waals surface area contributed by atoms with Gasteiger partial charge in [0.15, 0.2) is 0 Å². The average Bonchev–Trinajstić information content (AvgIpc) is 2.45. The first-order valence-electron chi connectivity index (χ1n) is 6.86. The van der Waals surface area contributed by atoms with E-state index in [2.05, 4.69) is 30.3 Å². The number of nitrogens with two attached hydrogens (primary N) is 1. The highest BCUT2D eigenvalue weighted by Gasteiger charge is 2.18. The first-order valence-corrected chi connectivity index (χ1v) is 6.86. The van der Waals surface area contributed by atoms with Crippen LogP contribution in [-0.4, -0.2) is 6.04 Å². The summed E-state index contributed by atoms with van der Waals surface area (Å²) in [7, 11) is 0. The molecule has 0 bridgehead atoms. The predicted molar refractivity (Wildman–Crippen MR) is 84.5 cm³/mol. The van der Waals surface area contributed by atoms with E-state index >= 15 is 0 Å². The highest BCUT2D eigenvalue weighted by molar-refractivity contribution is 5.85. The van der Waals surface area contributed by atoms with Crippen LogP contribution in [0.1, 0.15) is 23.1 Å². The molecule has 1 atom stereocenters. The molecule has 2 nitrogen and oxygen atoms in total. The van der Waals surface area contributed by atoms with Gasteiger partial charge >= 0.3 is 0 Å². The van der Waals surface area contributed by atoms with Gasteiger partial charge in [-0.05, 0) is 42.0 Å². The molecule has 2 aromatic carbocycles. The molecular formula is C17H20ClNO. The Kier molecular flexibility index (Phi) is 5.05. The lowest BCUT2D eigenvalue weighted by atomic mass is 9.88. The van der Waals surface area contributed by atoms with E-state index in [0.717, 1.165) is 25.0 Å². The molecule has 0 saturated carbocycles. The fraction of sp³-hybridized carbons (Fsp3) is 0.294. The number of halogens is 1. The van der Waals surface area contributed by atoms with Gasteiger partial charge in [-0.1, -0.05) is 42.5 Å². The maximum atomic E-state index is 6.02. The minimum absolute atomic E-state index is 0. The van der Waals surface area contributed by atoms with Crippen molar-refractivity contribution in [1.29, 1.82) is 0 Å². The van der Waals surface area contributed by atoms with Gasteiger partial charge in [0.2, 0.25) is 0 Å². The monoisotopic (exact) mass is 289 g/mol. The van der Waals surface area contributed by atoms with Crippen molar-refractivity contribution in [3.8, 4) is 5.75 Å². The lowest BCUT2D eigenvalue weighted by Gasteiger charge is -2.23. The van der Waals surface area contributed by atoms with Crippen LogP contribution < -0.4 is 10.5 Å². The summed E-state index contributed by atoms with van der Waals surface area (Å²) in [6.45, 7) is 0.628. The van der Waals surface area contributed by atoms with Gasteiger partial charge in [-0.2, -0.15) is 0 Å². The molecule has 2 aromatic rings. The molecule has 0 heterocycles. The smallest absolute Gasteiger partial charge is 0.123 e. The summed E-state index contributed by atoms with van der Waals surface area (Å²) >= 11 is 0. The summed E-state index contributed by atoms with van der Waals surface area (Å²) in [5, 5.41) is 0. The van der Waals surface area contributed by atoms with Gasteiger partial charge in [-0.3, -0.25) is 0 Å². The van der Waals surface area contributed by atoms with Crippen LogP contribution in [0.3, 0.4) is 0 Å². The van der Waals surface area contributed by atoms with Gasteiger partial charge in [-0.15, -0.1) is 12.4 Å². The minimum Gasteiger partial charge on any atom is -0.489 e. The number of fused-ring (bicyclic) bond motifs is 1. The standard InChI is InChI=1S/C17H19NO.ClH/c18-15-9-10-16-14(11-15)7-4-8-17(16)19-12-13-5-2-1-3-6-13;/h1-8,15H,9-12,18H2;1H. The molecule has 0 aromatic heterocycles. The molecule has 0 saturated heterocycles. The number of rotatable bonds is 3. The Morgan fingerprint density at radius 3 is 2.65 bits per heavy atom. The van der Waals surface area contributed by atoms with Crippen molar-refractivity contribution >= 4 is 12.4 Å². The maximum absolute atomic E-state index is 6.02. The Morgan fingerprint density at radius 2 is 1.85 bits per heavy atom. The van der Waals surface area contributed by atoms with Crippen molar-refractivity contribution in [2.45, 2.75) is 31.9 Å². The summed E-state index contributed by atoms with van der Waals surface area (Å²) in [4.78, 5) is 0. The van der Waals surface area contributed by atoms with Crippen molar-refractivity contribution in [3.05, 3.63) is 65.2 Å². The Labute approximate surface area is 126 Å². The second-order valence-electron chi connectivity index (χ2n) is 5.17. The molecule has 0 fully saturated rings. The molecule has 20 heavy (non-hydrogen) atoms. The fourth-order valence-electron chi connectivity index (χ4n) is 2.67. The van der Waals surface area contributed by atoms with Crippen LogP contribution in [0.5, 0.6) is 5.75 Å². The van der Waals surface area contributed by atoms with Crippen LogP contribution >= 0.6 is 12.4 Å². The first kappa shape index (κ1) is 14.9. The quantitative estimate of drug-likeness (QED) is 0.938. The second-order valence-corrected chi connectivity index (χ2v) is 5.17. The molecular weight excluding hydrogens is 270 g/mol. The highest BCUT2D eigenvalue weighted by atomic mass is 35.5. The van der Waals surface area contributed by atoms with Crippen LogP contribution in [0, 0.1) is 0 Å². The van der Waals surface area contributed by atoms with E-state index in [1.165, 1.54) is 16.7 Å². The molecule has 1 unspecified atom stereocenters. The SMILES string of the molecule is Cl.NC1CCc2c(cccc2OCc2ccccc2)C1. The number of hydrogen-bond donors (Lipinski definition) is 1. The number of benzene rings is 2. The van der Waals surface area contributed by atoms with Crippen LogP contribution in [-0.2, 0) is 19.4 Å². The Morgan fingerprint density at radius 1 is 1.05 bits per heavy atom. The van der Waals surface area contributed by atoms with Gasteiger partial charge < -0.3 is 10.5 Å². The molecule has 0 spiro atoms. The predicted octanol–water partition coefficient (Wildman–Crippen LogP) is 3.50. The molecule has 0 amide bonds. The third kappa shape index (κ3) is 3.33. The van der Waals surface area contributed by atoms with Crippen molar-refractivity contribution in [3.63, 3.8) is 0 Å². The molecule has 3 heteroatoms. The topological polar surface area (TPSA) is 35.2 Å². The maximum Gasteiger partial charge on any atom is 0.123 e. The van der Waals surface area contributed by atoms with Crippen LogP contribution in [0.2, 0.25) is 0 Å². The lowest BCUT2D eigenvalue weighted by Crippen LogP contribution is -2.28. The normalized spacial score (nSPS) is 16.9. The molecule has 2 N–H and O–H groups in total. The van der Waals surface area contributed by atoms with Crippen molar-refractivity contribution in [2.75, 3.05) is 0 Å². The Hall–Kier alpha value is -1.51. The zero-order valence-electron chi connectivity index (χ0n) is 11.4. The number of ether oxygens (including phenoxy) is 1. The van der Waals surface area contributed by atoms with Crippen molar-refractivity contribution in [2.24, 2.45) is 5.73 Å². The minimum atomic E-state index is 0. The van der Waals surface area contributed by atoms with E-state index in [9.17, 15) is 0 Å². The van der Waals surface area contributed by atoms with E-state index in [4.69, 9.17) is 10.5 Å². The molecule has 0 aliphatic heterocycles. The zero-order chi connectivity index (χ0) is 13.1. The van der Waals surface area contributed by atoms with Gasteiger partial charge in [0.1, 0.15) is 12.4 Å². The Bertz CT molecular complexity index is 556. The molecule has 106 valence electrons. The van der Waals surface area contributed by atoms with Crippen LogP contribution in [0.25, 0.3) is 0 Å². The molecule has 1 aliphatic carbocycles. The summed E-state index contributed by atoms with van der Waals surface area (Å²) in [5.74, 6) is 1.02. The highest BCUT2D eigenvalue weighted by Crippen LogP contribution is 2.29. The third-order valence-corrected chi connectivity index (χ3v) is 3.71.